The lowest BCUT2D eigenvalue weighted by atomic mass is 10.1. The Bertz CT molecular complexity index is 886. The van der Waals surface area contributed by atoms with Gasteiger partial charge in [0.1, 0.15) is 6.61 Å². The van der Waals surface area contributed by atoms with E-state index in [1.807, 2.05) is 0 Å². The number of hydrogen-bond acceptors (Lipinski definition) is 7. The van der Waals surface area contributed by atoms with Gasteiger partial charge in [0, 0.05) is 30.1 Å². The Kier molecular flexibility index (Phi) is 7.92. The molecule has 10 heteroatoms. The number of nitro benzene ring substituents is 1. The molecule has 29 heavy (non-hydrogen) atoms. The van der Waals surface area contributed by atoms with Crippen LogP contribution in [0.4, 0.5) is 21.9 Å². The monoisotopic (exact) mass is 403 g/mol. The highest BCUT2D eigenvalue weighted by Gasteiger charge is 2.18. The van der Waals surface area contributed by atoms with Gasteiger partial charge in [-0.3, -0.25) is 20.2 Å². The molecule has 0 fully saturated rings. The Morgan fingerprint density at radius 1 is 1.07 bits per heavy atom. The number of carbonyl (C=O) groups is 2. The number of benzene rings is 2. The minimum Gasteiger partial charge on any atom is -0.487 e. The molecule has 0 radical (unpaired) electrons. The number of rotatable bonds is 9. The summed E-state index contributed by atoms with van der Waals surface area (Å²) < 4.78 is 14.9. The summed E-state index contributed by atoms with van der Waals surface area (Å²) in [6.45, 7) is 2.35. The van der Waals surface area contributed by atoms with Gasteiger partial charge in [-0.15, -0.1) is 0 Å². The van der Waals surface area contributed by atoms with E-state index in [1.54, 1.807) is 25.1 Å². The topological polar surface area (TPSA) is 129 Å². The summed E-state index contributed by atoms with van der Waals surface area (Å²) in [5.41, 5.74) is 0.593. The smallest absolute Gasteiger partial charge is 0.411 e. The molecule has 154 valence electrons. The van der Waals surface area contributed by atoms with Crippen molar-refractivity contribution in [2.24, 2.45) is 0 Å². The number of nitro groups is 1. The van der Waals surface area contributed by atoms with Crippen molar-refractivity contribution in [3.63, 3.8) is 0 Å². The maximum Gasteiger partial charge on any atom is 0.411 e. The maximum absolute atomic E-state index is 12.5. The largest absolute Gasteiger partial charge is 0.487 e. The van der Waals surface area contributed by atoms with E-state index in [9.17, 15) is 19.7 Å². The van der Waals surface area contributed by atoms with Gasteiger partial charge in [0.05, 0.1) is 18.1 Å². The Morgan fingerprint density at radius 2 is 1.79 bits per heavy atom. The van der Waals surface area contributed by atoms with Crippen molar-refractivity contribution in [3.05, 3.63) is 58.1 Å². The Balaban J connectivity index is 2.08. The van der Waals surface area contributed by atoms with Crippen LogP contribution in [0.2, 0.25) is 0 Å². The molecule has 2 aromatic rings. The van der Waals surface area contributed by atoms with E-state index in [4.69, 9.17) is 14.2 Å². The Morgan fingerprint density at radius 3 is 2.45 bits per heavy atom. The summed E-state index contributed by atoms with van der Waals surface area (Å²) in [5.74, 6) is -0.455. The highest BCUT2D eigenvalue weighted by Crippen LogP contribution is 2.28. The molecule has 10 nitrogen and oxygen atoms in total. The first-order valence-electron chi connectivity index (χ1n) is 8.70. The van der Waals surface area contributed by atoms with Crippen molar-refractivity contribution in [2.75, 3.05) is 37.6 Å². The van der Waals surface area contributed by atoms with E-state index < -0.39 is 16.9 Å². The third-order valence-electron chi connectivity index (χ3n) is 3.61. The number of nitrogens with one attached hydrogen (secondary N) is 2. The standard InChI is InChI=1S/C19H21N3O7/c1-3-28-17-8-7-13(11-16(17)22(25)26)18(23)20-14-5-4-6-15(12-14)21-19(24)29-10-9-27-2/h4-8,11-12H,3,9-10H2,1-2H3,(H,20,23)(H,21,24). The first kappa shape index (κ1) is 21.6. The van der Waals surface area contributed by atoms with E-state index in [1.165, 1.54) is 25.3 Å². The molecule has 0 heterocycles. The third kappa shape index (κ3) is 6.47. The average molecular weight is 403 g/mol. The van der Waals surface area contributed by atoms with Gasteiger partial charge in [0.2, 0.25) is 0 Å². The number of carbonyl (C=O) groups excluding carboxylic acids is 2. The molecule has 0 atom stereocenters. The number of hydrogen-bond donors (Lipinski definition) is 2. The number of nitrogens with zero attached hydrogens (tertiary/aromatic N) is 1. The van der Waals surface area contributed by atoms with Crippen molar-refractivity contribution in [3.8, 4) is 5.75 Å². The minimum absolute atomic E-state index is 0.0900. The van der Waals surface area contributed by atoms with Crippen molar-refractivity contribution < 1.29 is 28.7 Å². The van der Waals surface area contributed by atoms with Crippen LogP contribution in [0.25, 0.3) is 0 Å². The summed E-state index contributed by atoms with van der Waals surface area (Å²) in [4.78, 5) is 34.7. The Labute approximate surface area is 166 Å². The lowest BCUT2D eigenvalue weighted by Crippen LogP contribution is -2.17. The molecule has 2 N–H and O–H groups in total. The lowest BCUT2D eigenvalue weighted by Gasteiger charge is -2.10. The van der Waals surface area contributed by atoms with Crippen molar-refractivity contribution in [1.29, 1.82) is 0 Å². The molecule has 0 aliphatic rings. The highest BCUT2D eigenvalue weighted by atomic mass is 16.6. The van der Waals surface area contributed by atoms with Gasteiger partial charge in [-0.25, -0.2) is 4.79 Å². The molecule has 2 rings (SSSR count). The quantitative estimate of drug-likeness (QED) is 0.373. The van der Waals surface area contributed by atoms with Crippen LogP contribution in [0.15, 0.2) is 42.5 Å². The van der Waals surface area contributed by atoms with Gasteiger partial charge >= 0.3 is 11.8 Å². The van der Waals surface area contributed by atoms with Crippen LogP contribution in [0.5, 0.6) is 5.75 Å². The fraction of sp³-hybridized carbons (Fsp3) is 0.263. The highest BCUT2D eigenvalue weighted by molar-refractivity contribution is 6.05. The molecule has 0 aromatic heterocycles. The average Bonchev–Trinajstić information content (AvgIpc) is 2.68. The molecule has 0 unspecified atom stereocenters. The number of methoxy groups -OCH3 is 1. The second kappa shape index (κ2) is 10.6. The second-order valence-corrected chi connectivity index (χ2v) is 5.66. The number of ether oxygens (including phenoxy) is 3. The minimum atomic E-state index is -0.660. The molecular formula is C19H21N3O7. The van der Waals surface area contributed by atoms with E-state index in [-0.39, 0.29) is 36.8 Å². The predicted molar refractivity (Wildman–Crippen MR) is 106 cm³/mol. The van der Waals surface area contributed by atoms with Gasteiger partial charge in [-0.1, -0.05) is 6.07 Å². The first-order valence-corrected chi connectivity index (χ1v) is 8.70. The van der Waals surface area contributed by atoms with Gasteiger partial charge < -0.3 is 19.5 Å². The molecule has 2 aromatic carbocycles. The summed E-state index contributed by atoms with van der Waals surface area (Å²) in [6.07, 6.45) is -0.660. The fourth-order valence-electron chi connectivity index (χ4n) is 2.33. The van der Waals surface area contributed by atoms with Crippen LogP contribution < -0.4 is 15.4 Å². The maximum atomic E-state index is 12.5. The zero-order valence-corrected chi connectivity index (χ0v) is 16.0. The van der Waals surface area contributed by atoms with Crippen LogP contribution in [-0.4, -0.2) is 43.9 Å². The van der Waals surface area contributed by atoms with E-state index in [0.29, 0.717) is 11.4 Å². The third-order valence-corrected chi connectivity index (χ3v) is 3.61. The molecule has 2 amide bonds. The molecule has 0 spiro atoms. The van der Waals surface area contributed by atoms with E-state index in [0.717, 1.165) is 6.07 Å². The molecule has 0 aliphatic carbocycles. The van der Waals surface area contributed by atoms with Gasteiger partial charge in [0.25, 0.3) is 5.91 Å². The first-order chi connectivity index (χ1) is 13.9. The van der Waals surface area contributed by atoms with E-state index >= 15 is 0 Å². The zero-order chi connectivity index (χ0) is 21.2. The normalized spacial score (nSPS) is 10.1. The SMILES string of the molecule is CCOc1ccc(C(=O)Nc2cccc(NC(=O)OCCOC)c2)cc1[N+](=O)[O-]. The van der Waals surface area contributed by atoms with Crippen LogP contribution in [0.1, 0.15) is 17.3 Å². The number of anilines is 2. The van der Waals surface area contributed by atoms with Gasteiger partial charge in [0.15, 0.2) is 5.75 Å². The van der Waals surface area contributed by atoms with Crippen molar-refractivity contribution >= 4 is 29.1 Å². The lowest BCUT2D eigenvalue weighted by molar-refractivity contribution is -0.385. The number of amides is 2. The fourth-order valence-corrected chi connectivity index (χ4v) is 2.33. The molecule has 0 aliphatic heterocycles. The summed E-state index contributed by atoms with van der Waals surface area (Å²) >= 11 is 0. The molecule has 0 bridgehead atoms. The molecular weight excluding hydrogens is 382 g/mol. The van der Waals surface area contributed by atoms with Crippen molar-refractivity contribution in [1.82, 2.24) is 0 Å². The van der Waals surface area contributed by atoms with Crippen LogP contribution in [-0.2, 0) is 9.47 Å². The molecule has 0 saturated heterocycles. The van der Waals surface area contributed by atoms with Gasteiger partial charge in [-0.05, 0) is 37.3 Å². The van der Waals surface area contributed by atoms with Crippen LogP contribution >= 0.6 is 0 Å². The summed E-state index contributed by atoms with van der Waals surface area (Å²) in [5, 5.41) is 16.4. The van der Waals surface area contributed by atoms with Crippen molar-refractivity contribution in [2.45, 2.75) is 6.92 Å². The second-order valence-electron chi connectivity index (χ2n) is 5.66. The van der Waals surface area contributed by atoms with Crippen LogP contribution in [0, 0.1) is 10.1 Å². The predicted octanol–water partition coefficient (Wildman–Crippen LogP) is 3.44. The summed E-state index contributed by atoms with van der Waals surface area (Å²) in [7, 11) is 1.49. The van der Waals surface area contributed by atoms with Gasteiger partial charge in [-0.2, -0.15) is 0 Å². The van der Waals surface area contributed by atoms with E-state index in [2.05, 4.69) is 10.6 Å². The zero-order valence-electron chi connectivity index (χ0n) is 16.0. The Hall–Kier alpha value is -3.66. The summed E-state index contributed by atoms with van der Waals surface area (Å²) in [6, 6.07) is 10.3. The van der Waals surface area contributed by atoms with Crippen LogP contribution in [0.3, 0.4) is 0 Å². The molecule has 0 saturated carbocycles.